The monoisotopic (exact) mass is 327 g/mol. The summed E-state index contributed by atoms with van der Waals surface area (Å²) in [5, 5.41) is 8.66. The fourth-order valence-corrected chi connectivity index (χ4v) is 1.88. The zero-order valence-corrected chi connectivity index (χ0v) is 13.3. The van der Waals surface area contributed by atoms with Gasteiger partial charge in [-0.05, 0) is 24.3 Å². The SMILES string of the molecule is CC(=O)N(C)c1cccc(OC[CH]Oc2ccc(C#N)c(F)c2)c1. The van der Waals surface area contributed by atoms with Gasteiger partial charge in [-0.15, -0.1) is 0 Å². The first kappa shape index (κ1) is 17.3. The van der Waals surface area contributed by atoms with Crippen molar-refractivity contribution in [2.75, 3.05) is 18.6 Å². The predicted molar refractivity (Wildman–Crippen MR) is 87.1 cm³/mol. The van der Waals surface area contributed by atoms with Gasteiger partial charge in [0, 0.05) is 31.8 Å². The number of nitriles is 1. The molecule has 0 aliphatic heterocycles. The molecule has 0 aliphatic carbocycles. The Hall–Kier alpha value is -3.07. The summed E-state index contributed by atoms with van der Waals surface area (Å²) in [6.45, 7) is 2.99. The Labute approximate surface area is 139 Å². The Morgan fingerprint density at radius 3 is 2.75 bits per heavy atom. The predicted octanol–water partition coefficient (Wildman–Crippen LogP) is 3.30. The molecule has 2 aromatic rings. The number of anilines is 1. The molecular formula is C18H16FN2O3. The molecular weight excluding hydrogens is 311 g/mol. The molecule has 5 nitrogen and oxygen atoms in total. The Balaban J connectivity index is 1.86. The molecule has 0 saturated heterocycles. The summed E-state index contributed by atoms with van der Waals surface area (Å²) in [6.07, 6.45) is 0. The van der Waals surface area contributed by atoms with Gasteiger partial charge in [0.25, 0.3) is 0 Å². The Morgan fingerprint density at radius 1 is 1.29 bits per heavy atom. The van der Waals surface area contributed by atoms with Gasteiger partial charge in [-0.2, -0.15) is 5.26 Å². The molecule has 6 heteroatoms. The summed E-state index contributed by atoms with van der Waals surface area (Å²) in [6, 6.07) is 12.8. The Kier molecular flexibility index (Phi) is 5.74. The normalized spacial score (nSPS) is 9.92. The van der Waals surface area contributed by atoms with E-state index in [1.54, 1.807) is 37.4 Å². The summed E-state index contributed by atoms with van der Waals surface area (Å²) >= 11 is 0. The van der Waals surface area contributed by atoms with Crippen molar-refractivity contribution >= 4 is 11.6 Å². The molecule has 123 valence electrons. The van der Waals surface area contributed by atoms with Gasteiger partial charge < -0.3 is 14.4 Å². The van der Waals surface area contributed by atoms with Crippen LogP contribution in [0.5, 0.6) is 11.5 Å². The first-order valence-corrected chi connectivity index (χ1v) is 7.16. The van der Waals surface area contributed by atoms with Gasteiger partial charge in [0.1, 0.15) is 30.0 Å². The molecule has 0 unspecified atom stereocenters. The molecule has 0 atom stereocenters. The van der Waals surface area contributed by atoms with Crippen LogP contribution < -0.4 is 14.4 Å². The van der Waals surface area contributed by atoms with Crippen molar-refractivity contribution in [3.63, 3.8) is 0 Å². The molecule has 24 heavy (non-hydrogen) atoms. The number of amides is 1. The summed E-state index contributed by atoms with van der Waals surface area (Å²) in [5.74, 6) is 0.140. The van der Waals surface area contributed by atoms with E-state index in [-0.39, 0.29) is 23.8 Å². The van der Waals surface area contributed by atoms with E-state index < -0.39 is 5.82 Å². The van der Waals surface area contributed by atoms with Gasteiger partial charge >= 0.3 is 0 Å². The average Bonchev–Trinajstić information content (AvgIpc) is 2.58. The molecule has 0 aromatic heterocycles. The highest BCUT2D eigenvalue weighted by Crippen LogP contribution is 2.21. The maximum Gasteiger partial charge on any atom is 0.223 e. The lowest BCUT2D eigenvalue weighted by atomic mass is 10.2. The summed E-state index contributed by atoms with van der Waals surface area (Å²) in [5.41, 5.74) is 0.681. The lowest BCUT2D eigenvalue weighted by Crippen LogP contribution is -2.22. The molecule has 2 rings (SSSR count). The Morgan fingerprint density at radius 2 is 2.08 bits per heavy atom. The van der Waals surface area contributed by atoms with E-state index in [4.69, 9.17) is 14.7 Å². The molecule has 0 heterocycles. The third kappa shape index (κ3) is 4.46. The maximum atomic E-state index is 13.4. The smallest absolute Gasteiger partial charge is 0.223 e. The van der Waals surface area contributed by atoms with Crippen LogP contribution in [-0.2, 0) is 4.79 Å². The van der Waals surface area contributed by atoms with Crippen LogP contribution in [0.25, 0.3) is 0 Å². The Bertz CT molecular complexity index is 771. The number of carbonyl (C=O) groups excluding carboxylic acids is 1. The van der Waals surface area contributed by atoms with E-state index in [9.17, 15) is 9.18 Å². The fourth-order valence-electron chi connectivity index (χ4n) is 1.88. The molecule has 0 N–H and O–H groups in total. The van der Waals surface area contributed by atoms with Crippen molar-refractivity contribution in [2.45, 2.75) is 6.92 Å². The molecule has 0 aliphatic rings. The van der Waals surface area contributed by atoms with E-state index >= 15 is 0 Å². The second-order valence-corrected chi connectivity index (χ2v) is 4.92. The number of ether oxygens (including phenoxy) is 2. The van der Waals surface area contributed by atoms with Crippen LogP contribution in [0.4, 0.5) is 10.1 Å². The summed E-state index contributed by atoms with van der Waals surface area (Å²) in [7, 11) is 1.68. The molecule has 0 bridgehead atoms. The van der Waals surface area contributed by atoms with Gasteiger partial charge in [0.15, 0.2) is 6.61 Å². The number of benzene rings is 2. The van der Waals surface area contributed by atoms with Crippen LogP contribution in [0, 0.1) is 23.8 Å². The van der Waals surface area contributed by atoms with Crippen molar-refractivity contribution in [1.29, 1.82) is 5.26 Å². The molecule has 2 aromatic carbocycles. The van der Waals surface area contributed by atoms with Gasteiger partial charge in [-0.25, -0.2) is 4.39 Å². The first-order chi connectivity index (χ1) is 11.5. The fraction of sp³-hybridized carbons (Fsp3) is 0.167. The quantitative estimate of drug-likeness (QED) is 0.764. The topological polar surface area (TPSA) is 62.6 Å². The third-order valence-corrected chi connectivity index (χ3v) is 3.28. The van der Waals surface area contributed by atoms with Crippen molar-refractivity contribution < 1.29 is 18.7 Å². The lowest BCUT2D eigenvalue weighted by Gasteiger charge is -2.16. The molecule has 1 radical (unpaired) electrons. The number of hydrogen-bond acceptors (Lipinski definition) is 4. The van der Waals surface area contributed by atoms with E-state index in [0.717, 1.165) is 11.8 Å². The number of rotatable bonds is 6. The van der Waals surface area contributed by atoms with Crippen LogP contribution in [0.1, 0.15) is 12.5 Å². The van der Waals surface area contributed by atoms with Gasteiger partial charge in [0.05, 0.1) is 5.56 Å². The molecule has 1 amide bonds. The van der Waals surface area contributed by atoms with E-state index in [2.05, 4.69) is 0 Å². The third-order valence-electron chi connectivity index (χ3n) is 3.28. The largest absolute Gasteiger partial charge is 0.489 e. The number of halogens is 1. The van der Waals surface area contributed by atoms with E-state index in [0.29, 0.717) is 5.75 Å². The zero-order chi connectivity index (χ0) is 17.5. The highest BCUT2D eigenvalue weighted by molar-refractivity contribution is 5.91. The van der Waals surface area contributed by atoms with Crippen LogP contribution in [0.15, 0.2) is 42.5 Å². The number of carbonyl (C=O) groups is 1. The molecule has 0 spiro atoms. The highest BCUT2D eigenvalue weighted by atomic mass is 19.1. The summed E-state index contributed by atoms with van der Waals surface area (Å²) in [4.78, 5) is 12.9. The molecule has 0 saturated carbocycles. The van der Waals surface area contributed by atoms with E-state index in [1.807, 2.05) is 0 Å². The number of hydrogen-bond donors (Lipinski definition) is 0. The minimum Gasteiger partial charge on any atom is -0.489 e. The minimum absolute atomic E-state index is 0.0370. The van der Waals surface area contributed by atoms with Crippen molar-refractivity contribution in [3.8, 4) is 17.6 Å². The minimum atomic E-state index is -0.635. The maximum absolute atomic E-state index is 13.4. The molecule has 0 fully saturated rings. The van der Waals surface area contributed by atoms with Crippen molar-refractivity contribution in [1.82, 2.24) is 0 Å². The van der Waals surface area contributed by atoms with Crippen molar-refractivity contribution in [3.05, 3.63) is 60.5 Å². The van der Waals surface area contributed by atoms with Crippen LogP contribution in [0.2, 0.25) is 0 Å². The van der Waals surface area contributed by atoms with Crippen LogP contribution in [-0.4, -0.2) is 19.6 Å². The van der Waals surface area contributed by atoms with Gasteiger partial charge in [-0.3, -0.25) is 4.79 Å². The lowest BCUT2D eigenvalue weighted by molar-refractivity contribution is -0.116. The van der Waals surface area contributed by atoms with Gasteiger partial charge in [0.2, 0.25) is 5.91 Å². The zero-order valence-electron chi connectivity index (χ0n) is 13.3. The van der Waals surface area contributed by atoms with Crippen molar-refractivity contribution in [2.24, 2.45) is 0 Å². The highest BCUT2D eigenvalue weighted by Gasteiger charge is 2.07. The average molecular weight is 327 g/mol. The van der Waals surface area contributed by atoms with Crippen LogP contribution >= 0.6 is 0 Å². The van der Waals surface area contributed by atoms with Gasteiger partial charge in [-0.1, -0.05) is 6.07 Å². The standard InChI is InChI=1S/C18H16FN2O3/c1-13(22)21(2)15-4-3-5-16(10-15)23-8-9-24-17-7-6-14(12-20)18(19)11-17/h3-7,9-11H,8H2,1-2H3. The second kappa shape index (κ2) is 7.97. The van der Waals surface area contributed by atoms with E-state index in [1.165, 1.54) is 30.6 Å². The second-order valence-electron chi connectivity index (χ2n) is 4.92. The number of nitrogens with zero attached hydrogens (tertiary/aromatic N) is 2. The van der Waals surface area contributed by atoms with Crippen LogP contribution in [0.3, 0.4) is 0 Å². The summed E-state index contributed by atoms with van der Waals surface area (Å²) < 4.78 is 24.2. The first-order valence-electron chi connectivity index (χ1n) is 7.16.